The Hall–Kier alpha value is -1.55. The minimum atomic E-state index is 0.0352. The Balaban J connectivity index is 1.89. The largest absolute Gasteiger partial charge is 0.337 e. The van der Waals surface area contributed by atoms with Crippen LogP contribution < -0.4 is 10.5 Å². The average Bonchev–Trinajstić information content (AvgIpc) is 3.08. The SMILES string of the molecule is O=c1c2cc(Cl)ccc2nc2n1CCN2C1CCCC1. The van der Waals surface area contributed by atoms with Crippen LogP contribution in [0.25, 0.3) is 10.9 Å². The third-order valence-corrected chi connectivity index (χ3v) is 4.72. The number of hydrogen-bond donors (Lipinski definition) is 0. The zero-order valence-corrected chi connectivity index (χ0v) is 11.9. The first-order valence-corrected chi connectivity index (χ1v) is 7.58. The third-order valence-electron chi connectivity index (χ3n) is 4.48. The number of rotatable bonds is 1. The van der Waals surface area contributed by atoms with Gasteiger partial charge in [0.1, 0.15) is 0 Å². The van der Waals surface area contributed by atoms with Gasteiger partial charge in [-0.15, -0.1) is 0 Å². The first-order valence-electron chi connectivity index (χ1n) is 7.21. The topological polar surface area (TPSA) is 38.1 Å². The predicted molar refractivity (Wildman–Crippen MR) is 80.6 cm³/mol. The minimum absolute atomic E-state index is 0.0352. The van der Waals surface area contributed by atoms with E-state index < -0.39 is 0 Å². The highest BCUT2D eigenvalue weighted by molar-refractivity contribution is 6.31. The second-order valence-corrected chi connectivity index (χ2v) is 6.10. The molecule has 2 heterocycles. The maximum atomic E-state index is 12.6. The van der Waals surface area contributed by atoms with Gasteiger partial charge >= 0.3 is 0 Å². The standard InChI is InChI=1S/C15H16ClN3O/c16-10-5-6-13-12(9-10)14(20)19-8-7-18(15(19)17-13)11-3-1-2-4-11/h5-6,9,11H,1-4,7-8H2. The number of aromatic nitrogens is 2. The number of benzene rings is 1. The van der Waals surface area contributed by atoms with Crippen molar-refractivity contribution in [1.82, 2.24) is 9.55 Å². The summed E-state index contributed by atoms with van der Waals surface area (Å²) in [6, 6.07) is 5.91. The quantitative estimate of drug-likeness (QED) is 0.810. The van der Waals surface area contributed by atoms with Crippen molar-refractivity contribution < 1.29 is 0 Å². The number of nitrogens with zero attached hydrogens (tertiary/aromatic N) is 3. The Kier molecular flexibility index (Phi) is 2.74. The summed E-state index contributed by atoms with van der Waals surface area (Å²) in [7, 11) is 0. The summed E-state index contributed by atoms with van der Waals surface area (Å²) in [5.41, 5.74) is 0.781. The lowest BCUT2D eigenvalue weighted by Crippen LogP contribution is -2.32. The Morgan fingerprint density at radius 3 is 2.80 bits per heavy atom. The summed E-state index contributed by atoms with van der Waals surface area (Å²) in [5.74, 6) is 0.844. The van der Waals surface area contributed by atoms with Crippen LogP contribution in [0.3, 0.4) is 0 Å². The van der Waals surface area contributed by atoms with Crippen molar-refractivity contribution in [2.75, 3.05) is 11.4 Å². The second-order valence-electron chi connectivity index (χ2n) is 5.66. The zero-order chi connectivity index (χ0) is 13.7. The molecule has 0 radical (unpaired) electrons. The van der Waals surface area contributed by atoms with Crippen LogP contribution in [-0.4, -0.2) is 22.1 Å². The fourth-order valence-corrected chi connectivity index (χ4v) is 3.64. The molecular weight excluding hydrogens is 274 g/mol. The normalized spacial score (nSPS) is 18.9. The molecule has 1 fully saturated rings. The molecule has 5 heteroatoms. The molecule has 4 rings (SSSR count). The molecule has 1 aromatic carbocycles. The van der Waals surface area contributed by atoms with E-state index in [-0.39, 0.29) is 5.56 Å². The van der Waals surface area contributed by atoms with Crippen LogP contribution in [0.4, 0.5) is 5.95 Å². The number of halogens is 1. The number of fused-ring (bicyclic) bond motifs is 2. The molecule has 4 nitrogen and oxygen atoms in total. The minimum Gasteiger partial charge on any atom is -0.337 e. The van der Waals surface area contributed by atoms with E-state index in [2.05, 4.69) is 4.90 Å². The number of hydrogen-bond acceptors (Lipinski definition) is 3. The van der Waals surface area contributed by atoms with Crippen molar-refractivity contribution in [2.45, 2.75) is 38.3 Å². The van der Waals surface area contributed by atoms with Crippen LogP contribution in [0.2, 0.25) is 5.02 Å². The highest BCUT2D eigenvalue weighted by Crippen LogP contribution is 2.30. The van der Waals surface area contributed by atoms with Gasteiger partial charge in [-0.1, -0.05) is 24.4 Å². The molecule has 0 atom stereocenters. The smallest absolute Gasteiger partial charge is 0.262 e. The van der Waals surface area contributed by atoms with Gasteiger partial charge in [-0.25, -0.2) is 4.98 Å². The molecular formula is C15H16ClN3O. The first kappa shape index (κ1) is 12.2. The van der Waals surface area contributed by atoms with Gasteiger partial charge in [-0.05, 0) is 31.0 Å². The van der Waals surface area contributed by atoms with Crippen molar-refractivity contribution >= 4 is 28.5 Å². The van der Waals surface area contributed by atoms with Gasteiger partial charge in [0.05, 0.1) is 10.9 Å². The molecule has 0 unspecified atom stereocenters. The lowest BCUT2D eigenvalue weighted by Gasteiger charge is -2.24. The Morgan fingerprint density at radius 1 is 1.20 bits per heavy atom. The average molecular weight is 290 g/mol. The summed E-state index contributed by atoms with van der Waals surface area (Å²) < 4.78 is 1.80. The Labute approximate surface area is 122 Å². The number of anilines is 1. The molecule has 0 spiro atoms. The molecule has 0 N–H and O–H groups in total. The molecule has 1 saturated carbocycles. The lowest BCUT2D eigenvalue weighted by atomic mass is 10.2. The Morgan fingerprint density at radius 2 is 2.00 bits per heavy atom. The summed E-state index contributed by atoms with van der Waals surface area (Å²) >= 11 is 5.99. The molecule has 1 aromatic heterocycles. The molecule has 0 bridgehead atoms. The van der Waals surface area contributed by atoms with Gasteiger partial charge in [-0.2, -0.15) is 0 Å². The summed E-state index contributed by atoms with van der Waals surface area (Å²) in [6.07, 6.45) is 5.01. The van der Waals surface area contributed by atoms with E-state index in [4.69, 9.17) is 16.6 Å². The fraction of sp³-hybridized carbons (Fsp3) is 0.467. The molecule has 2 aromatic rings. The Bertz CT molecular complexity index is 734. The van der Waals surface area contributed by atoms with Gasteiger partial charge in [-0.3, -0.25) is 9.36 Å². The maximum Gasteiger partial charge on any atom is 0.262 e. The van der Waals surface area contributed by atoms with Gasteiger partial charge in [0.2, 0.25) is 5.95 Å². The second kappa shape index (κ2) is 4.48. The van der Waals surface area contributed by atoms with Crippen LogP contribution >= 0.6 is 11.6 Å². The molecule has 20 heavy (non-hydrogen) atoms. The van der Waals surface area contributed by atoms with E-state index in [0.29, 0.717) is 16.5 Å². The van der Waals surface area contributed by atoms with E-state index in [1.165, 1.54) is 25.7 Å². The molecule has 0 amide bonds. The van der Waals surface area contributed by atoms with Crippen LogP contribution in [0.1, 0.15) is 25.7 Å². The van der Waals surface area contributed by atoms with Gasteiger partial charge in [0, 0.05) is 24.2 Å². The van der Waals surface area contributed by atoms with Gasteiger partial charge < -0.3 is 4.90 Å². The van der Waals surface area contributed by atoms with E-state index in [9.17, 15) is 4.79 Å². The predicted octanol–water partition coefficient (Wildman–Crippen LogP) is 2.81. The summed E-state index contributed by atoms with van der Waals surface area (Å²) in [4.78, 5) is 19.6. The lowest BCUT2D eigenvalue weighted by molar-refractivity contribution is 0.619. The van der Waals surface area contributed by atoms with Crippen LogP contribution in [0, 0.1) is 0 Å². The molecule has 0 saturated heterocycles. The van der Waals surface area contributed by atoms with E-state index in [1.54, 1.807) is 16.7 Å². The highest BCUT2D eigenvalue weighted by Gasteiger charge is 2.30. The highest BCUT2D eigenvalue weighted by atomic mass is 35.5. The van der Waals surface area contributed by atoms with Crippen molar-refractivity contribution in [3.8, 4) is 0 Å². The van der Waals surface area contributed by atoms with Crippen molar-refractivity contribution in [3.05, 3.63) is 33.6 Å². The summed E-state index contributed by atoms with van der Waals surface area (Å²) in [6.45, 7) is 1.64. The molecule has 104 valence electrons. The van der Waals surface area contributed by atoms with Crippen molar-refractivity contribution in [1.29, 1.82) is 0 Å². The maximum absolute atomic E-state index is 12.6. The van der Waals surface area contributed by atoms with E-state index in [1.807, 2.05) is 6.07 Å². The molecule has 2 aliphatic rings. The van der Waals surface area contributed by atoms with E-state index in [0.717, 1.165) is 24.6 Å². The van der Waals surface area contributed by atoms with Gasteiger partial charge in [0.15, 0.2) is 0 Å². The molecule has 1 aliphatic heterocycles. The fourth-order valence-electron chi connectivity index (χ4n) is 3.47. The van der Waals surface area contributed by atoms with Crippen LogP contribution in [0.15, 0.2) is 23.0 Å². The molecule has 1 aliphatic carbocycles. The van der Waals surface area contributed by atoms with E-state index >= 15 is 0 Å². The van der Waals surface area contributed by atoms with Crippen molar-refractivity contribution in [2.24, 2.45) is 0 Å². The first-order chi connectivity index (χ1) is 9.74. The monoisotopic (exact) mass is 289 g/mol. The van der Waals surface area contributed by atoms with Crippen LogP contribution in [0.5, 0.6) is 0 Å². The van der Waals surface area contributed by atoms with Crippen molar-refractivity contribution in [3.63, 3.8) is 0 Å². The van der Waals surface area contributed by atoms with Gasteiger partial charge in [0.25, 0.3) is 5.56 Å². The third kappa shape index (κ3) is 1.74. The summed E-state index contributed by atoms with van der Waals surface area (Å²) in [5, 5.41) is 1.21. The zero-order valence-electron chi connectivity index (χ0n) is 11.2. The van der Waals surface area contributed by atoms with Crippen LogP contribution in [-0.2, 0) is 6.54 Å².